The second kappa shape index (κ2) is 17.8. The fourth-order valence-corrected chi connectivity index (χ4v) is 6.15. The van der Waals surface area contributed by atoms with Gasteiger partial charge in [0.05, 0.1) is 25.7 Å². The summed E-state index contributed by atoms with van der Waals surface area (Å²) in [6, 6.07) is 6.91. The second-order valence-electron chi connectivity index (χ2n) is 8.20. The van der Waals surface area contributed by atoms with Crippen LogP contribution in [0.2, 0.25) is 0 Å². The summed E-state index contributed by atoms with van der Waals surface area (Å²) in [5.74, 6) is 0.942. The average Bonchev–Trinajstić information content (AvgIpc) is 2.75. The van der Waals surface area contributed by atoms with Crippen molar-refractivity contribution in [2.75, 3.05) is 33.3 Å². The van der Waals surface area contributed by atoms with E-state index in [2.05, 4.69) is 5.10 Å². The number of hydrogen-bond acceptors (Lipinski definition) is 9. The molecule has 192 valence electrons. The van der Waals surface area contributed by atoms with Crippen LogP contribution in [-0.2, 0) is 32.1 Å². The van der Waals surface area contributed by atoms with Crippen molar-refractivity contribution in [3.63, 3.8) is 0 Å². The van der Waals surface area contributed by atoms with Crippen LogP contribution in [0.5, 0.6) is 5.75 Å². The van der Waals surface area contributed by atoms with Crippen LogP contribution in [-0.4, -0.2) is 65.1 Å². The third-order valence-electron chi connectivity index (χ3n) is 5.31. The van der Waals surface area contributed by atoms with Crippen molar-refractivity contribution in [2.45, 2.75) is 38.2 Å². The van der Waals surface area contributed by atoms with Crippen LogP contribution in [0.3, 0.4) is 0 Å². The minimum Gasteiger partial charge on any atom is -0.778 e. The number of rotatable bonds is 13. The summed E-state index contributed by atoms with van der Waals surface area (Å²) >= 11 is 5.43. The van der Waals surface area contributed by atoms with Crippen LogP contribution in [0.15, 0.2) is 29.4 Å². The summed E-state index contributed by atoms with van der Waals surface area (Å²) in [6.07, 6.45) is 4.90. The summed E-state index contributed by atoms with van der Waals surface area (Å²) in [5.41, 5.74) is 0.779. The fourth-order valence-electron chi connectivity index (χ4n) is 3.55. The minimum atomic E-state index is -4.73. The van der Waals surface area contributed by atoms with E-state index in [1.165, 1.54) is 0 Å². The minimum absolute atomic E-state index is 0. The molecule has 2 N–H and O–H groups in total. The van der Waals surface area contributed by atoms with E-state index in [0.717, 1.165) is 36.1 Å². The molecule has 1 saturated carbocycles. The molecule has 0 saturated heterocycles. The maximum absolute atomic E-state index is 11.1. The first-order valence-corrected chi connectivity index (χ1v) is 16.4. The van der Waals surface area contributed by atoms with Crippen molar-refractivity contribution in [1.82, 2.24) is 9.68 Å². The van der Waals surface area contributed by atoms with Gasteiger partial charge in [-0.05, 0) is 55.7 Å². The van der Waals surface area contributed by atoms with E-state index >= 15 is 0 Å². The maximum Gasteiger partial charge on any atom is 1.00 e. The van der Waals surface area contributed by atoms with Crippen LogP contribution in [0.25, 0.3) is 0 Å². The van der Waals surface area contributed by atoms with Gasteiger partial charge in [-0.2, -0.15) is 0 Å². The van der Waals surface area contributed by atoms with Gasteiger partial charge in [0.1, 0.15) is 15.2 Å². The van der Waals surface area contributed by atoms with Gasteiger partial charge in [-0.1, -0.05) is 16.9 Å². The van der Waals surface area contributed by atoms with E-state index < -0.39 is 34.8 Å². The molecule has 3 unspecified atom stereocenters. The first-order valence-electron chi connectivity index (χ1n) is 10.7. The van der Waals surface area contributed by atoms with Gasteiger partial charge in [0.15, 0.2) is 5.75 Å². The Labute approximate surface area is 262 Å². The molecular weight excluding hydrogens is 569 g/mol. The van der Waals surface area contributed by atoms with Crippen molar-refractivity contribution in [1.29, 1.82) is 0 Å². The number of hydrazone groups is 1. The smallest absolute Gasteiger partial charge is 0.778 e. The normalized spacial score (nSPS) is 21.6. The third kappa shape index (κ3) is 15.7. The molecule has 1 aromatic rings. The Bertz CT molecular complexity index is 903. The summed E-state index contributed by atoms with van der Waals surface area (Å²) in [7, 11) is -7.37. The number of ether oxygens (including phenoxy) is 1. The molecule has 0 bridgehead atoms. The van der Waals surface area contributed by atoms with Gasteiger partial charge < -0.3 is 33.4 Å². The van der Waals surface area contributed by atoms with Gasteiger partial charge in [0, 0.05) is 19.9 Å². The molecule has 1 aliphatic carbocycles. The number of nitrogens with zero attached hydrogens (tertiary/aromatic N) is 3. The predicted molar refractivity (Wildman–Crippen MR) is 130 cm³/mol. The van der Waals surface area contributed by atoms with Gasteiger partial charge in [0.2, 0.25) is 11.8 Å². The van der Waals surface area contributed by atoms with Crippen molar-refractivity contribution < 1.29 is 97.1 Å². The van der Waals surface area contributed by atoms with Gasteiger partial charge in [0.25, 0.3) is 0 Å². The summed E-state index contributed by atoms with van der Waals surface area (Å²) < 4.78 is 35.1. The molecule has 0 radical (unpaired) electrons. The van der Waals surface area contributed by atoms with Crippen molar-refractivity contribution in [3.05, 3.63) is 29.8 Å². The summed E-state index contributed by atoms with van der Waals surface area (Å²) in [4.78, 5) is 41.2. The van der Waals surface area contributed by atoms with Crippen molar-refractivity contribution in [3.8, 4) is 5.75 Å². The van der Waals surface area contributed by atoms with Gasteiger partial charge in [-0.3, -0.25) is 9.42 Å². The molecule has 0 heterocycles. The quantitative estimate of drug-likeness (QED) is 0.0980. The van der Waals surface area contributed by atoms with E-state index in [4.69, 9.17) is 30.9 Å². The molecule has 0 aliphatic heterocycles. The summed E-state index contributed by atoms with van der Waals surface area (Å²) in [5, 5.41) is 4.44. The molecule has 1 aliphatic rings. The van der Waals surface area contributed by atoms with E-state index in [1.54, 1.807) is 43.2 Å². The Kier molecular flexibility index (Phi) is 18.4. The first-order chi connectivity index (χ1) is 15.8. The number of benzene rings is 1. The molecule has 0 aromatic heterocycles. The Morgan fingerprint density at radius 3 is 2.11 bits per heavy atom. The number of hydrogen-bond donors (Lipinski definition) is 2. The Balaban J connectivity index is 0.00000612. The van der Waals surface area contributed by atoms with Gasteiger partial charge >= 0.3 is 66.2 Å². The molecular formula is C19H31N3Na2O8P3S+. The SMILES string of the molecule is COC1CCC(/C=N/N(C)[P+](=S)Oc2ccc(CCN(CP(=O)([O-])O)CP(=O)([O-])O)cc2)CC1.[Na+].[Na+]. The molecule has 0 spiro atoms. The van der Waals surface area contributed by atoms with Crippen LogP contribution in [0.1, 0.15) is 31.2 Å². The van der Waals surface area contributed by atoms with Crippen LogP contribution < -0.4 is 73.4 Å². The van der Waals surface area contributed by atoms with Crippen LogP contribution in [0.4, 0.5) is 0 Å². The topological polar surface area (TPSA) is 158 Å². The monoisotopic (exact) mass is 600 g/mol. The Hall–Kier alpha value is 1.23. The van der Waals surface area contributed by atoms with Gasteiger partial charge in [-0.25, -0.2) is 0 Å². The molecule has 2 rings (SSSR count). The predicted octanol–water partition coefficient (Wildman–Crippen LogP) is -4.18. The van der Waals surface area contributed by atoms with Crippen molar-refractivity contribution >= 4 is 40.3 Å². The molecule has 3 atom stereocenters. The standard InChI is InChI=1S/C19H32N3O8P3S.2Na/c1-21(20-13-17-5-7-18(29-2)8-6-17)31(34)30-19-9-3-16(4-10-19)11-12-22(14-32(23,24)25)15-33(26,27)28;;/h3-4,9-10,13,17-18H,5-8,11-12,14-15H2,1-2H3,(H3-,23,24,25,26,27,28);;/q;2*+1/p-1/b20-13+;;. The molecule has 36 heavy (non-hydrogen) atoms. The zero-order valence-corrected chi connectivity index (χ0v) is 28.6. The van der Waals surface area contributed by atoms with Crippen LogP contribution in [0, 0.1) is 5.92 Å². The van der Waals surface area contributed by atoms with Crippen LogP contribution >= 0.6 is 22.3 Å². The average molecular weight is 600 g/mol. The molecule has 1 fully saturated rings. The zero-order chi connectivity index (χ0) is 25.4. The number of methoxy groups -OCH3 is 1. The van der Waals surface area contributed by atoms with E-state index in [0.29, 0.717) is 24.2 Å². The van der Waals surface area contributed by atoms with E-state index in [9.17, 15) is 18.9 Å². The Morgan fingerprint density at radius 2 is 1.64 bits per heavy atom. The maximum atomic E-state index is 11.1. The Morgan fingerprint density at radius 1 is 1.11 bits per heavy atom. The summed E-state index contributed by atoms with van der Waals surface area (Å²) in [6.45, 7) is -0.00270. The third-order valence-corrected chi connectivity index (χ3v) is 8.70. The van der Waals surface area contributed by atoms with Gasteiger partial charge in [-0.15, -0.1) is 5.10 Å². The van der Waals surface area contributed by atoms with Crippen molar-refractivity contribution in [2.24, 2.45) is 11.0 Å². The van der Waals surface area contributed by atoms with E-state index in [1.807, 2.05) is 6.21 Å². The molecule has 0 amide bonds. The molecule has 11 nitrogen and oxygen atoms in total. The van der Waals surface area contributed by atoms with E-state index in [-0.39, 0.29) is 65.7 Å². The largest absolute Gasteiger partial charge is 1.00 e. The molecule has 1 aromatic carbocycles. The molecule has 17 heteroatoms. The second-order valence-corrected chi connectivity index (χ2v) is 13.5. The first kappa shape index (κ1) is 37.2. The fraction of sp³-hybridized carbons (Fsp3) is 0.632. The zero-order valence-electron chi connectivity index (χ0n) is 21.1.